The Balaban J connectivity index is 1.97. The van der Waals surface area contributed by atoms with Crippen molar-refractivity contribution < 1.29 is 19.4 Å². The van der Waals surface area contributed by atoms with Gasteiger partial charge in [0.25, 0.3) is 0 Å². The molecule has 2 rings (SSSR count). The van der Waals surface area contributed by atoms with Crippen molar-refractivity contribution in [1.29, 1.82) is 0 Å². The Morgan fingerprint density at radius 2 is 1.77 bits per heavy atom. The molecule has 0 saturated heterocycles. The predicted octanol–water partition coefficient (Wildman–Crippen LogP) is 2.10. The second-order valence-corrected chi connectivity index (χ2v) is 4.99. The fourth-order valence-corrected chi connectivity index (χ4v) is 2.18. The van der Waals surface area contributed by atoms with E-state index in [1.807, 2.05) is 18.2 Å². The summed E-state index contributed by atoms with van der Waals surface area (Å²) >= 11 is 0. The number of halogens is 1. The van der Waals surface area contributed by atoms with E-state index in [-0.39, 0.29) is 13.0 Å². The molecule has 0 heterocycles. The first kappa shape index (κ1) is 16.1. The third-order valence-corrected chi connectivity index (χ3v) is 3.33. The molecule has 1 amide bonds. The van der Waals surface area contributed by atoms with E-state index in [1.165, 1.54) is 18.2 Å². The molecule has 0 aliphatic rings. The van der Waals surface area contributed by atoms with Crippen LogP contribution in [-0.2, 0) is 4.79 Å². The van der Waals surface area contributed by atoms with Gasteiger partial charge in [-0.1, -0.05) is 42.5 Å². The van der Waals surface area contributed by atoms with Crippen LogP contribution in [-0.4, -0.2) is 22.7 Å². The summed E-state index contributed by atoms with van der Waals surface area (Å²) < 4.78 is 13.1. The summed E-state index contributed by atoms with van der Waals surface area (Å²) in [6, 6.07) is 14.0. The highest BCUT2D eigenvalue weighted by Gasteiger charge is 2.17. The summed E-state index contributed by atoms with van der Waals surface area (Å²) in [5, 5.41) is 22.0. The van der Waals surface area contributed by atoms with E-state index >= 15 is 0 Å². The summed E-state index contributed by atoms with van der Waals surface area (Å²) in [6.07, 6.45) is -1.29. The van der Waals surface area contributed by atoms with E-state index in [0.717, 1.165) is 5.56 Å². The Labute approximate surface area is 128 Å². The quantitative estimate of drug-likeness (QED) is 0.765. The topological polar surface area (TPSA) is 69.6 Å². The van der Waals surface area contributed by atoms with Crippen molar-refractivity contribution in [2.24, 2.45) is 0 Å². The molecule has 2 aromatic rings. The van der Waals surface area contributed by atoms with Gasteiger partial charge in [-0.2, -0.15) is 0 Å². The van der Waals surface area contributed by atoms with E-state index in [9.17, 15) is 19.4 Å². The fraction of sp³-hybridized carbons (Fsp3) is 0.235. The minimum atomic E-state index is -1.09. The molecular weight excluding hydrogens is 285 g/mol. The summed E-state index contributed by atoms with van der Waals surface area (Å²) in [6.45, 7) is -0.244. The van der Waals surface area contributed by atoms with E-state index in [4.69, 9.17) is 0 Å². The monoisotopic (exact) mass is 303 g/mol. The average molecular weight is 303 g/mol. The molecule has 0 aliphatic carbocycles. The maximum Gasteiger partial charge on any atom is 0.223 e. The number of aliphatic hydroxyl groups excluding tert-OH is 2. The van der Waals surface area contributed by atoms with Crippen molar-refractivity contribution in [3.8, 4) is 0 Å². The number of amides is 1. The maximum absolute atomic E-state index is 13.1. The summed E-state index contributed by atoms with van der Waals surface area (Å²) in [4.78, 5) is 12.0. The molecule has 116 valence electrons. The van der Waals surface area contributed by atoms with Crippen molar-refractivity contribution >= 4 is 5.91 Å². The number of hydrogen-bond acceptors (Lipinski definition) is 3. The largest absolute Gasteiger partial charge is 0.394 e. The molecule has 2 aromatic carbocycles. The van der Waals surface area contributed by atoms with Gasteiger partial charge >= 0.3 is 0 Å². The van der Waals surface area contributed by atoms with Gasteiger partial charge in [0.05, 0.1) is 25.2 Å². The zero-order chi connectivity index (χ0) is 15.9. The average Bonchev–Trinajstić information content (AvgIpc) is 2.53. The first-order valence-corrected chi connectivity index (χ1v) is 6.99. The van der Waals surface area contributed by atoms with Gasteiger partial charge in [0, 0.05) is 0 Å². The van der Waals surface area contributed by atoms with Crippen LogP contribution in [0.15, 0.2) is 54.6 Å². The van der Waals surface area contributed by atoms with Crippen molar-refractivity contribution in [3.05, 3.63) is 71.5 Å². The van der Waals surface area contributed by atoms with Crippen LogP contribution in [0.25, 0.3) is 0 Å². The van der Waals surface area contributed by atoms with Gasteiger partial charge in [-0.15, -0.1) is 0 Å². The van der Waals surface area contributed by atoms with Gasteiger partial charge in [0.15, 0.2) is 0 Å². The highest BCUT2D eigenvalue weighted by atomic mass is 19.1. The molecule has 0 fully saturated rings. The summed E-state index contributed by atoms with van der Waals surface area (Å²) in [7, 11) is 0. The molecule has 2 atom stereocenters. The molecule has 0 bridgehead atoms. The van der Waals surface area contributed by atoms with Crippen molar-refractivity contribution in [3.63, 3.8) is 0 Å². The third kappa shape index (κ3) is 4.38. The van der Waals surface area contributed by atoms with Crippen molar-refractivity contribution in [2.75, 3.05) is 6.61 Å². The number of benzene rings is 2. The lowest BCUT2D eigenvalue weighted by Gasteiger charge is -2.18. The molecule has 4 nitrogen and oxygen atoms in total. The van der Waals surface area contributed by atoms with Gasteiger partial charge in [-0.05, 0) is 23.3 Å². The SMILES string of the molecule is O=C(C[C@@H](O)c1cccc(F)c1)N[C@H](CO)c1ccccc1. The van der Waals surface area contributed by atoms with E-state index in [1.54, 1.807) is 18.2 Å². The van der Waals surface area contributed by atoms with Crippen LogP contribution in [0.5, 0.6) is 0 Å². The lowest BCUT2D eigenvalue weighted by atomic mass is 10.0. The number of hydrogen-bond donors (Lipinski definition) is 3. The van der Waals surface area contributed by atoms with Crippen LogP contribution < -0.4 is 5.32 Å². The lowest BCUT2D eigenvalue weighted by Crippen LogP contribution is -2.31. The first-order chi connectivity index (χ1) is 10.6. The Kier molecular flexibility index (Phi) is 5.63. The zero-order valence-corrected chi connectivity index (χ0v) is 11.9. The molecule has 5 heteroatoms. The highest BCUT2D eigenvalue weighted by molar-refractivity contribution is 5.77. The van der Waals surface area contributed by atoms with Gasteiger partial charge in [-0.25, -0.2) is 4.39 Å². The Hall–Kier alpha value is -2.24. The van der Waals surface area contributed by atoms with Gasteiger partial charge in [0.2, 0.25) is 5.91 Å². The minimum Gasteiger partial charge on any atom is -0.394 e. The molecular formula is C17H18FNO3. The Morgan fingerprint density at radius 1 is 1.09 bits per heavy atom. The molecule has 0 radical (unpaired) electrons. The third-order valence-electron chi connectivity index (χ3n) is 3.33. The van der Waals surface area contributed by atoms with Crippen LogP contribution in [0.1, 0.15) is 29.7 Å². The van der Waals surface area contributed by atoms with Crippen LogP contribution >= 0.6 is 0 Å². The summed E-state index contributed by atoms with van der Waals surface area (Å²) in [5.41, 5.74) is 1.12. The minimum absolute atomic E-state index is 0.202. The normalized spacial score (nSPS) is 13.4. The highest BCUT2D eigenvalue weighted by Crippen LogP contribution is 2.18. The fourth-order valence-electron chi connectivity index (χ4n) is 2.18. The second kappa shape index (κ2) is 7.68. The number of carbonyl (C=O) groups excluding carboxylic acids is 1. The Morgan fingerprint density at radius 3 is 2.41 bits per heavy atom. The Bertz CT molecular complexity index is 618. The lowest BCUT2D eigenvalue weighted by molar-refractivity contribution is -0.124. The van der Waals surface area contributed by atoms with Gasteiger partial charge in [0.1, 0.15) is 5.82 Å². The van der Waals surface area contributed by atoms with Crippen molar-refractivity contribution in [1.82, 2.24) is 5.32 Å². The van der Waals surface area contributed by atoms with Crippen LogP contribution in [0.4, 0.5) is 4.39 Å². The molecule has 0 unspecified atom stereocenters. The first-order valence-electron chi connectivity index (χ1n) is 6.99. The number of rotatable bonds is 6. The van der Waals surface area contributed by atoms with E-state index in [0.29, 0.717) is 5.56 Å². The van der Waals surface area contributed by atoms with Gasteiger partial charge in [-0.3, -0.25) is 4.79 Å². The molecule has 0 aromatic heterocycles. The number of aliphatic hydroxyl groups is 2. The van der Waals surface area contributed by atoms with Crippen LogP contribution in [0.3, 0.4) is 0 Å². The molecule has 0 spiro atoms. The number of nitrogens with one attached hydrogen (secondary N) is 1. The summed E-state index contributed by atoms with van der Waals surface area (Å²) in [5.74, 6) is -0.880. The van der Waals surface area contributed by atoms with Crippen LogP contribution in [0, 0.1) is 5.82 Å². The van der Waals surface area contributed by atoms with Gasteiger partial charge < -0.3 is 15.5 Å². The predicted molar refractivity (Wildman–Crippen MR) is 80.4 cm³/mol. The second-order valence-electron chi connectivity index (χ2n) is 4.99. The standard InChI is InChI=1S/C17H18FNO3/c18-14-8-4-7-13(9-14)16(21)10-17(22)19-15(11-20)12-5-2-1-3-6-12/h1-9,15-16,20-21H,10-11H2,(H,19,22)/t15-,16-/m1/s1. The smallest absolute Gasteiger partial charge is 0.223 e. The van der Waals surface area contributed by atoms with E-state index < -0.39 is 23.9 Å². The van der Waals surface area contributed by atoms with Crippen LogP contribution in [0.2, 0.25) is 0 Å². The molecule has 0 aliphatic heterocycles. The van der Waals surface area contributed by atoms with E-state index in [2.05, 4.69) is 5.32 Å². The maximum atomic E-state index is 13.1. The molecule has 0 saturated carbocycles. The number of carbonyl (C=O) groups is 1. The molecule has 22 heavy (non-hydrogen) atoms. The zero-order valence-electron chi connectivity index (χ0n) is 11.9. The van der Waals surface area contributed by atoms with Crippen molar-refractivity contribution in [2.45, 2.75) is 18.6 Å². The molecule has 3 N–H and O–H groups in total.